The van der Waals surface area contributed by atoms with Gasteiger partial charge in [0.15, 0.2) is 0 Å². The summed E-state index contributed by atoms with van der Waals surface area (Å²) in [6.45, 7) is 1.70. The molecule has 3 nitrogen and oxygen atoms in total. The number of benzene rings is 2. The maximum absolute atomic E-state index is 13.7. The van der Waals surface area contributed by atoms with Crippen molar-refractivity contribution in [1.82, 2.24) is 5.32 Å². The average molecular weight is 330 g/mol. The molecule has 24 heavy (non-hydrogen) atoms. The van der Waals surface area contributed by atoms with E-state index in [9.17, 15) is 13.6 Å². The van der Waals surface area contributed by atoms with E-state index in [0.717, 1.165) is 30.5 Å². The first-order valence-electron chi connectivity index (χ1n) is 8.12. The molecule has 2 aromatic carbocycles. The lowest BCUT2D eigenvalue weighted by atomic mass is 10.0. The first kappa shape index (κ1) is 16.6. The molecule has 2 atom stereocenters. The number of anilines is 1. The lowest BCUT2D eigenvalue weighted by molar-refractivity contribution is -0.118. The zero-order valence-corrected chi connectivity index (χ0v) is 13.4. The van der Waals surface area contributed by atoms with Crippen LogP contribution in [0.15, 0.2) is 48.5 Å². The van der Waals surface area contributed by atoms with Crippen LogP contribution in [0.25, 0.3) is 0 Å². The normalized spacial score (nSPS) is 16.5. The summed E-state index contributed by atoms with van der Waals surface area (Å²) >= 11 is 0. The van der Waals surface area contributed by atoms with Crippen LogP contribution in [0.5, 0.6) is 0 Å². The highest BCUT2D eigenvalue weighted by atomic mass is 19.1. The first-order chi connectivity index (χ1) is 11.6. The van der Waals surface area contributed by atoms with Crippen LogP contribution in [0.3, 0.4) is 0 Å². The number of halogens is 2. The van der Waals surface area contributed by atoms with Crippen molar-refractivity contribution in [2.45, 2.75) is 31.8 Å². The summed E-state index contributed by atoms with van der Waals surface area (Å²) in [6.07, 6.45) is 2.23. The SMILES string of the molecule is CC(NC(c1ccccc1)C1CC1)C(=O)Nc1c(F)cccc1F. The molecule has 3 rings (SSSR count). The van der Waals surface area contributed by atoms with Crippen molar-refractivity contribution in [2.24, 2.45) is 5.92 Å². The van der Waals surface area contributed by atoms with Crippen molar-refractivity contribution in [3.05, 3.63) is 65.7 Å². The molecule has 0 aromatic heterocycles. The highest BCUT2D eigenvalue weighted by Gasteiger charge is 2.34. The zero-order chi connectivity index (χ0) is 17.1. The van der Waals surface area contributed by atoms with Gasteiger partial charge >= 0.3 is 0 Å². The Kier molecular flexibility index (Phi) is 4.90. The molecule has 0 radical (unpaired) electrons. The molecule has 1 saturated carbocycles. The van der Waals surface area contributed by atoms with E-state index in [1.807, 2.05) is 30.3 Å². The van der Waals surface area contributed by atoms with Gasteiger partial charge in [-0.05, 0) is 43.4 Å². The Morgan fingerprint density at radius 3 is 2.25 bits per heavy atom. The summed E-state index contributed by atoms with van der Waals surface area (Å²) in [7, 11) is 0. The number of rotatable bonds is 6. The van der Waals surface area contributed by atoms with Gasteiger partial charge in [-0.2, -0.15) is 0 Å². The fourth-order valence-corrected chi connectivity index (χ4v) is 2.79. The van der Waals surface area contributed by atoms with Gasteiger partial charge in [0.2, 0.25) is 5.91 Å². The molecule has 2 unspecified atom stereocenters. The molecular formula is C19H20F2N2O. The third-order valence-corrected chi connectivity index (χ3v) is 4.29. The van der Waals surface area contributed by atoms with Crippen LogP contribution in [-0.2, 0) is 4.79 Å². The molecule has 1 fully saturated rings. The Balaban J connectivity index is 1.69. The summed E-state index contributed by atoms with van der Waals surface area (Å²) in [5.74, 6) is -1.52. The minimum absolute atomic E-state index is 0.0671. The molecule has 2 aromatic rings. The molecule has 1 aliphatic rings. The Labute approximate surface area is 140 Å². The predicted octanol–water partition coefficient (Wildman–Crippen LogP) is 4.03. The number of carbonyl (C=O) groups excluding carboxylic acids is 1. The van der Waals surface area contributed by atoms with Crippen LogP contribution in [-0.4, -0.2) is 11.9 Å². The molecule has 5 heteroatoms. The molecule has 0 spiro atoms. The third-order valence-electron chi connectivity index (χ3n) is 4.29. The van der Waals surface area contributed by atoms with Gasteiger partial charge in [-0.15, -0.1) is 0 Å². The Morgan fingerprint density at radius 2 is 1.67 bits per heavy atom. The molecule has 1 aliphatic carbocycles. The third kappa shape index (κ3) is 3.79. The van der Waals surface area contributed by atoms with Crippen molar-refractivity contribution >= 4 is 11.6 Å². The molecule has 2 N–H and O–H groups in total. The fraction of sp³-hybridized carbons (Fsp3) is 0.316. The first-order valence-corrected chi connectivity index (χ1v) is 8.12. The highest BCUT2D eigenvalue weighted by molar-refractivity contribution is 5.94. The van der Waals surface area contributed by atoms with Crippen LogP contribution in [0, 0.1) is 17.6 Å². The molecule has 0 bridgehead atoms. The molecule has 0 aliphatic heterocycles. The second-order valence-electron chi connectivity index (χ2n) is 6.20. The van der Waals surface area contributed by atoms with E-state index in [1.165, 1.54) is 6.07 Å². The van der Waals surface area contributed by atoms with Gasteiger partial charge in [0, 0.05) is 6.04 Å². The monoisotopic (exact) mass is 330 g/mol. The molecule has 0 saturated heterocycles. The van der Waals surface area contributed by atoms with E-state index < -0.39 is 29.3 Å². The Hall–Kier alpha value is -2.27. The second-order valence-corrected chi connectivity index (χ2v) is 6.20. The van der Waals surface area contributed by atoms with E-state index in [2.05, 4.69) is 10.6 Å². The smallest absolute Gasteiger partial charge is 0.241 e. The zero-order valence-electron chi connectivity index (χ0n) is 13.4. The fourth-order valence-electron chi connectivity index (χ4n) is 2.79. The topological polar surface area (TPSA) is 41.1 Å². The van der Waals surface area contributed by atoms with E-state index >= 15 is 0 Å². The van der Waals surface area contributed by atoms with Gasteiger partial charge in [0.25, 0.3) is 0 Å². The number of hydrogen-bond acceptors (Lipinski definition) is 2. The van der Waals surface area contributed by atoms with Gasteiger partial charge in [0.05, 0.1) is 6.04 Å². The van der Waals surface area contributed by atoms with Crippen molar-refractivity contribution < 1.29 is 13.6 Å². The largest absolute Gasteiger partial charge is 0.320 e. The number of hydrogen-bond donors (Lipinski definition) is 2. The highest BCUT2D eigenvalue weighted by Crippen LogP contribution is 2.41. The lowest BCUT2D eigenvalue weighted by Crippen LogP contribution is -2.41. The number of para-hydroxylation sites is 1. The minimum Gasteiger partial charge on any atom is -0.320 e. The standard InChI is InChI=1S/C19H20F2N2O/c1-12(19(24)23-18-15(20)8-5-9-16(18)21)22-17(14-10-11-14)13-6-3-2-4-7-13/h2-9,12,14,17,22H,10-11H2,1H3,(H,23,24). The van der Waals surface area contributed by atoms with Crippen LogP contribution in [0.1, 0.15) is 31.4 Å². The molecule has 0 heterocycles. The van der Waals surface area contributed by atoms with Gasteiger partial charge in [-0.3, -0.25) is 10.1 Å². The molecule has 1 amide bonds. The Morgan fingerprint density at radius 1 is 1.04 bits per heavy atom. The quantitative estimate of drug-likeness (QED) is 0.839. The summed E-state index contributed by atoms with van der Waals surface area (Å²) < 4.78 is 27.3. The van der Waals surface area contributed by atoms with Crippen LogP contribution in [0.4, 0.5) is 14.5 Å². The van der Waals surface area contributed by atoms with Gasteiger partial charge in [-0.25, -0.2) is 8.78 Å². The summed E-state index contributed by atoms with van der Waals surface area (Å²) in [5.41, 5.74) is 0.718. The van der Waals surface area contributed by atoms with E-state index in [1.54, 1.807) is 6.92 Å². The maximum Gasteiger partial charge on any atom is 0.241 e. The van der Waals surface area contributed by atoms with Crippen molar-refractivity contribution in [3.8, 4) is 0 Å². The van der Waals surface area contributed by atoms with Gasteiger partial charge in [0.1, 0.15) is 17.3 Å². The summed E-state index contributed by atoms with van der Waals surface area (Å²) in [5, 5.41) is 5.64. The summed E-state index contributed by atoms with van der Waals surface area (Å²) in [4.78, 5) is 12.3. The number of amides is 1. The Bertz CT molecular complexity index is 696. The van der Waals surface area contributed by atoms with Gasteiger partial charge in [-0.1, -0.05) is 36.4 Å². The van der Waals surface area contributed by atoms with Gasteiger partial charge < -0.3 is 5.32 Å². The minimum atomic E-state index is -0.780. The van der Waals surface area contributed by atoms with E-state index in [-0.39, 0.29) is 6.04 Å². The van der Waals surface area contributed by atoms with Crippen LogP contribution in [0.2, 0.25) is 0 Å². The van der Waals surface area contributed by atoms with Crippen molar-refractivity contribution in [3.63, 3.8) is 0 Å². The van der Waals surface area contributed by atoms with Crippen LogP contribution < -0.4 is 10.6 Å². The van der Waals surface area contributed by atoms with E-state index in [4.69, 9.17) is 0 Å². The molecular weight excluding hydrogens is 310 g/mol. The average Bonchev–Trinajstić information content (AvgIpc) is 3.41. The van der Waals surface area contributed by atoms with E-state index in [0.29, 0.717) is 5.92 Å². The second kappa shape index (κ2) is 7.09. The number of carbonyl (C=O) groups is 1. The lowest BCUT2D eigenvalue weighted by Gasteiger charge is -2.23. The predicted molar refractivity (Wildman–Crippen MR) is 89.5 cm³/mol. The van der Waals surface area contributed by atoms with Crippen LogP contribution >= 0.6 is 0 Å². The summed E-state index contributed by atoms with van der Waals surface area (Å²) in [6, 6.07) is 12.9. The van der Waals surface area contributed by atoms with Crippen molar-refractivity contribution in [2.75, 3.05) is 5.32 Å². The number of nitrogens with one attached hydrogen (secondary N) is 2. The maximum atomic E-state index is 13.7. The van der Waals surface area contributed by atoms with Crippen molar-refractivity contribution in [1.29, 1.82) is 0 Å². The molecule has 126 valence electrons.